The van der Waals surface area contributed by atoms with E-state index in [-0.39, 0.29) is 0 Å². The number of rotatable bonds is 1. The van der Waals surface area contributed by atoms with Gasteiger partial charge in [0.25, 0.3) is 0 Å². The second kappa shape index (κ2) is 6.28. The SMILES string of the molecule is CCC1CCC/C=C\CCCC1. The molecule has 70 valence electrons. The summed E-state index contributed by atoms with van der Waals surface area (Å²) in [4.78, 5) is 0. The van der Waals surface area contributed by atoms with Crippen LogP contribution in [-0.2, 0) is 0 Å². The van der Waals surface area contributed by atoms with Gasteiger partial charge in [-0.2, -0.15) is 0 Å². The standard InChI is InChI=1S/C12H22/c1-2-12-10-8-6-4-3-5-7-9-11-12/h3-4,12H,2,5-11H2,1H3/b4-3-. The van der Waals surface area contributed by atoms with Crippen molar-refractivity contribution >= 4 is 0 Å². The van der Waals surface area contributed by atoms with Crippen molar-refractivity contribution in [1.29, 1.82) is 0 Å². The lowest BCUT2D eigenvalue weighted by Crippen LogP contribution is -1.99. The molecule has 1 aliphatic carbocycles. The van der Waals surface area contributed by atoms with Crippen molar-refractivity contribution in [2.45, 2.75) is 58.3 Å². The number of hydrogen-bond acceptors (Lipinski definition) is 0. The van der Waals surface area contributed by atoms with Gasteiger partial charge in [0.1, 0.15) is 0 Å². The van der Waals surface area contributed by atoms with Gasteiger partial charge in [0.05, 0.1) is 0 Å². The summed E-state index contributed by atoms with van der Waals surface area (Å²) in [5.74, 6) is 1.02. The first-order valence-electron chi connectivity index (χ1n) is 5.58. The van der Waals surface area contributed by atoms with E-state index in [1.54, 1.807) is 0 Å². The van der Waals surface area contributed by atoms with Crippen molar-refractivity contribution in [3.63, 3.8) is 0 Å². The third kappa shape index (κ3) is 3.94. The molecule has 1 unspecified atom stereocenters. The molecule has 0 fully saturated rings. The summed E-state index contributed by atoms with van der Waals surface area (Å²) in [6, 6.07) is 0. The molecule has 0 spiro atoms. The topological polar surface area (TPSA) is 0 Å². The summed E-state index contributed by atoms with van der Waals surface area (Å²) < 4.78 is 0. The molecule has 0 amide bonds. The molecule has 0 saturated carbocycles. The first-order valence-corrected chi connectivity index (χ1v) is 5.58. The second-order valence-electron chi connectivity index (χ2n) is 3.96. The van der Waals surface area contributed by atoms with Crippen LogP contribution in [0.4, 0.5) is 0 Å². The predicted molar refractivity (Wildman–Crippen MR) is 55.2 cm³/mol. The van der Waals surface area contributed by atoms with Crippen molar-refractivity contribution in [3.8, 4) is 0 Å². The molecule has 0 aromatic rings. The molecular weight excluding hydrogens is 144 g/mol. The van der Waals surface area contributed by atoms with Gasteiger partial charge in [-0.05, 0) is 31.6 Å². The largest absolute Gasteiger partial charge is 0.0885 e. The summed E-state index contributed by atoms with van der Waals surface area (Å²) in [7, 11) is 0. The Kier molecular flexibility index (Phi) is 5.14. The first-order chi connectivity index (χ1) is 5.93. The van der Waals surface area contributed by atoms with Crippen LogP contribution in [0.25, 0.3) is 0 Å². The molecule has 0 nitrogen and oxygen atoms in total. The van der Waals surface area contributed by atoms with Gasteiger partial charge in [-0.1, -0.05) is 44.8 Å². The van der Waals surface area contributed by atoms with Crippen LogP contribution in [0.2, 0.25) is 0 Å². The molecule has 0 heterocycles. The lowest BCUT2D eigenvalue weighted by atomic mass is 9.92. The van der Waals surface area contributed by atoms with Crippen molar-refractivity contribution < 1.29 is 0 Å². The van der Waals surface area contributed by atoms with Gasteiger partial charge < -0.3 is 0 Å². The van der Waals surface area contributed by atoms with Crippen LogP contribution in [0.5, 0.6) is 0 Å². The van der Waals surface area contributed by atoms with E-state index in [1.165, 1.54) is 51.4 Å². The van der Waals surface area contributed by atoms with Crippen LogP contribution in [-0.4, -0.2) is 0 Å². The zero-order valence-electron chi connectivity index (χ0n) is 8.39. The Labute approximate surface area is 77.1 Å². The molecule has 0 aliphatic heterocycles. The monoisotopic (exact) mass is 166 g/mol. The lowest BCUT2D eigenvalue weighted by Gasteiger charge is -2.14. The normalized spacial score (nSPS) is 29.6. The molecule has 1 rings (SSSR count). The summed E-state index contributed by atoms with van der Waals surface area (Å²) >= 11 is 0. The summed E-state index contributed by atoms with van der Waals surface area (Å²) in [6.07, 6.45) is 16.0. The fourth-order valence-corrected chi connectivity index (χ4v) is 2.01. The van der Waals surface area contributed by atoms with Crippen molar-refractivity contribution in [1.82, 2.24) is 0 Å². The summed E-state index contributed by atoms with van der Waals surface area (Å²) in [5.41, 5.74) is 0. The average Bonchev–Trinajstić information content (AvgIpc) is 2.14. The maximum absolute atomic E-state index is 2.37. The molecule has 0 heteroatoms. The quantitative estimate of drug-likeness (QED) is 0.509. The van der Waals surface area contributed by atoms with Gasteiger partial charge in [0.15, 0.2) is 0 Å². The number of allylic oxidation sites excluding steroid dienone is 2. The molecule has 12 heavy (non-hydrogen) atoms. The van der Waals surface area contributed by atoms with Crippen LogP contribution in [0, 0.1) is 5.92 Å². The van der Waals surface area contributed by atoms with E-state index in [1.807, 2.05) is 0 Å². The van der Waals surface area contributed by atoms with Crippen LogP contribution in [0.15, 0.2) is 12.2 Å². The predicted octanol–water partition coefficient (Wildman–Crippen LogP) is 4.31. The van der Waals surface area contributed by atoms with E-state index in [9.17, 15) is 0 Å². The highest BCUT2D eigenvalue weighted by Gasteiger charge is 2.05. The maximum atomic E-state index is 2.37. The minimum atomic E-state index is 1.02. The van der Waals surface area contributed by atoms with Crippen LogP contribution < -0.4 is 0 Å². The second-order valence-corrected chi connectivity index (χ2v) is 3.96. The average molecular weight is 166 g/mol. The van der Waals surface area contributed by atoms with E-state index in [0.29, 0.717) is 0 Å². The Bertz CT molecular complexity index is 124. The van der Waals surface area contributed by atoms with Crippen molar-refractivity contribution in [2.24, 2.45) is 5.92 Å². The van der Waals surface area contributed by atoms with Crippen LogP contribution >= 0.6 is 0 Å². The lowest BCUT2D eigenvalue weighted by molar-refractivity contribution is 0.406. The Hall–Kier alpha value is -0.260. The molecule has 1 atom stereocenters. The summed E-state index contributed by atoms with van der Waals surface area (Å²) in [5, 5.41) is 0. The molecule has 0 aromatic heterocycles. The van der Waals surface area contributed by atoms with Gasteiger partial charge >= 0.3 is 0 Å². The van der Waals surface area contributed by atoms with E-state index < -0.39 is 0 Å². The van der Waals surface area contributed by atoms with Crippen LogP contribution in [0.1, 0.15) is 58.3 Å². The molecule has 0 radical (unpaired) electrons. The molecule has 1 aliphatic rings. The minimum absolute atomic E-state index is 1.02. The van der Waals surface area contributed by atoms with Crippen molar-refractivity contribution in [2.75, 3.05) is 0 Å². The van der Waals surface area contributed by atoms with E-state index in [0.717, 1.165) is 5.92 Å². The van der Waals surface area contributed by atoms with Crippen LogP contribution in [0.3, 0.4) is 0 Å². The van der Waals surface area contributed by atoms with Gasteiger partial charge in [0, 0.05) is 0 Å². The Balaban J connectivity index is 2.26. The third-order valence-corrected chi connectivity index (χ3v) is 2.96. The molecular formula is C12H22. The Morgan fingerprint density at radius 1 is 1.00 bits per heavy atom. The minimum Gasteiger partial charge on any atom is -0.0885 e. The third-order valence-electron chi connectivity index (χ3n) is 2.96. The zero-order valence-corrected chi connectivity index (χ0v) is 8.39. The van der Waals surface area contributed by atoms with E-state index in [2.05, 4.69) is 19.1 Å². The van der Waals surface area contributed by atoms with Gasteiger partial charge in [-0.25, -0.2) is 0 Å². The van der Waals surface area contributed by atoms with E-state index >= 15 is 0 Å². The fraction of sp³-hybridized carbons (Fsp3) is 0.833. The fourth-order valence-electron chi connectivity index (χ4n) is 2.01. The molecule has 0 bridgehead atoms. The molecule has 0 aromatic carbocycles. The van der Waals surface area contributed by atoms with E-state index in [4.69, 9.17) is 0 Å². The molecule has 0 saturated heterocycles. The highest BCUT2D eigenvalue weighted by Crippen LogP contribution is 2.21. The van der Waals surface area contributed by atoms with Gasteiger partial charge in [-0.15, -0.1) is 0 Å². The Morgan fingerprint density at radius 3 is 2.42 bits per heavy atom. The van der Waals surface area contributed by atoms with Crippen molar-refractivity contribution in [3.05, 3.63) is 12.2 Å². The zero-order chi connectivity index (χ0) is 8.65. The number of hydrogen-bond donors (Lipinski definition) is 0. The smallest absolute Gasteiger partial charge is 0.0351 e. The summed E-state index contributed by atoms with van der Waals surface area (Å²) in [6.45, 7) is 2.34. The highest BCUT2D eigenvalue weighted by atomic mass is 14.1. The maximum Gasteiger partial charge on any atom is -0.0351 e. The van der Waals surface area contributed by atoms with Gasteiger partial charge in [0.2, 0.25) is 0 Å². The van der Waals surface area contributed by atoms with Gasteiger partial charge in [-0.3, -0.25) is 0 Å². The highest BCUT2D eigenvalue weighted by molar-refractivity contribution is 4.82. The Morgan fingerprint density at radius 2 is 1.67 bits per heavy atom. The first kappa shape index (κ1) is 9.83. The molecule has 0 N–H and O–H groups in total.